The Hall–Kier alpha value is -3.10. The van der Waals surface area contributed by atoms with Crippen LogP contribution in [0.5, 0.6) is 0 Å². The van der Waals surface area contributed by atoms with E-state index < -0.39 is 17.3 Å². The predicted octanol–water partition coefficient (Wildman–Crippen LogP) is 2.32. The lowest BCUT2D eigenvalue weighted by atomic mass is 10.1. The van der Waals surface area contributed by atoms with Gasteiger partial charge in [0.05, 0.1) is 19.8 Å². The third kappa shape index (κ3) is 4.72. The maximum atomic E-state index is 14.2. The monoisotopic (exact) mass is 413 g/mol. The van der Waals surface area contributed by atoms with E-state index >= 15 is 0 Å². The van der Waals surface area contributed by atoms with Gasteiger partial charge in [0, 0.05) is 44.5 Å². The number of rotatable bonds is 9. The van der Waals surface area contributed by atoms with E-state index in [0.717, 1.165) is 0 Å². The number of ether oxygens (including phenoxy) is 2. The number of aromatic nitrogens is 2. The third-order valence-corrected chi connectivity index (χ3v) is 4.78. The number of fused-ring (bicyclic) bond motifs is 1. The number of benzene rings is 1. The number of amides is 1. The maximum Gasteiger partial charge on any atom is 0.265 e. The first kappa shape index (κ1) is 21.6. The van der Waals surface area contributed by atoms with Crippen LogP contribution in [0, 0.1) is 5.82 Å². The van der Waals surface area contributed by atoms with Crippen LogP contribution < -0.4 is 5.56 Å². The molecule has 3 aromatic rings. The Morgan fingerprint density at radius 1 is 1.10 bits per heavy atom. The van der Waals surface area contributed by atoms with Gasteiger partial charge in [-0.3, -0.25) is 14.2 Å². The fourth-order valence-corrected chi connectivity index (χ4v) is 3.19. The number of hydrogen-bond acceptors (Lipinski definition) is 5. The van der Waals surface area contributed by atoms with Gasteiger partial charge < -0.3 is 14.4 Å². The van der Waals surface area contributed by atoms with Crippen LogP contribution in [-0.4, -0.2) is 60.9 Å². The van der Waals surface area contributed by atoms with E-state index in [1.165, 1.54) is 21.6 Å². The summed E-state index contributed by atoms with van der Waals surface area (Å²) in [5, 5.41) is 0.621. The molecule has 2 aromatic heterocycles. The topological polar surface area (TPSA) is 73.7 Å². The highest BCUT2D eigenvalue weighted by Gasteiger charge is 2.22. The summed E-state index contributed by atoms with van der Waals surface area (Å²) in [7, 11) is 3.09. The van der Waals surface area contributed by atoms with Crippen molar-refractivity contribution in [2.24, 2.45) is 0 Å². The van der Waals surface area contributed by atoms with E-state index in [-0.39, 0.29) is 12.1 Å². The van der Waals surface area contributed by atoms with E-state index in [9.17, 15) is 14.0 Å². The molecule has 0 N–H and O–H groups in total. The SMILES string of the molecule is COCCN(CCOC)C(=O)c1cc2cccnc2n(Cc2ccccc2F)c1=O. The van der Waals surface area contributed by atoms with Gasteiger partial charge in [0.25, 0.3) is 11.5 Å². The molecular formula is C22H24FN3O4. The van der Waals surface area contributed by atoms with Crippen LogP contribution >= 0.6 is 0 Å². The van der Waals surface area contributed by atoms with E-state index in [0.29, 0.717) is 42.9 Å². The minimum Gasteiger partial charge on any atom is -0.383 e. The van der Waals surface area contributed by atoms with Crippen molar-refractivity contribution in [1.29, 1.82) is 0 Å². The van der Waals surface area contributed by atoms with E-state index in [1.807, 2.05) is 0 Å². The number of carbonyl (C=O) groups excluding carboxylic acids is 1. The Kier molecular flexibility index (Phi) is 7.26. The van der Waals surface area contributed by atoms with Gasteiger partial charge in [-0.15, -0.1) is 0 Å². The molecule has 0 bridgehead atoms. The summed E-state index contributed by atoms with van der Waals surface area (Å²) in [5.74, 6) is -0.853. The summed E-state index contributed by atoms with van der Waals surface area (Å²) < 4.78 is 25.7. The predicted molar refractivity (Wildman–Crippen MR) is 111 cm³/mol. The molecule has 0 saturated carbocycles. The standard InChI is InChI=1S/C22H24FN3O4/c1-29-12-10-25(11-13-30-2)21(27)18-14-16-7-5-9-24-20(16)26(22(18)28)15-17-6-3-4-8-19(17)23/h3-9,14H,10-13,15H2,1-2H3. The zero-order chi connectivity index (χ0) is 21.5. The molecule has 1 amide bonds. The van der Waals surface area contributed by atoms with Gasteiger partial charge in [0.2, 0.25) is 0 Å². The lowest BCUT2D eigenvalue weighted by molar-refractivity contribution is 0.0625. The lowest BCUT2D eigenvalue weighted by Gasteiger charge is -2.22. The van der Waals surface area contributed by atoms with E-state index in [4.69, 9.17) is 9.47 Å². The maximum absolute atomic E-state index is 14.2. The van der Waals surface area contributed by atoms with Crippen molar-refractivity contribution >= 4 is 16.9 Å². The van der Waals surface area contributed by atoms with Gasteiger partial charge >= 0.3 is 0 Å². The van der Waals surface area contributed by atoms with Crippen molar-refractivity contribution in [3.8, 4) is 0 Å². The smallest absolute Gasteiger partial charge is 0.265 e. The second-order valence-corrected chi connectivity index (χ2v) is 6.73. The molecule has 8 heteroatoms. The van der Waals surface area contributed by atoms with Gasteiger partial charge in [-0.25, -0.2) is 9.37 Å². The van der Waals surface area contributed by atoms with E-state index in [2.05, 4.69) is 4.98 Å². The molecule has 0 aliphatic heterocycles. The van der Waals surface area contributed by atoms with Crippen LogP contribution in [0.3, 0.4) is 0 Å². The minimum atomic E-state index is -0.519. The Balaban J connectivity index is 2.09. The van der Waals surface area contributed by atoms with Crippen molar-refractivity contribution in [3.05, 3.63) is 76.0 Å². The van der Waals surface area contributed by atoms with Crippen LogP contribution in [0.15, 0.2) is 53.5 Å². The molecule has 0 radical (unpaired) electrons. The summed E-state index contributed by atoms with van der Waals surface area (Å²) in [5.41, 5.74) is 0.211. The lowest BCUT2D eigenvalue weighted by Crippen LogP contribution is -2.40. The highest BCUT2D eigenvalue weighted by Crippen LogP contribution is 2.15. The highest BCUT2D eigenvalue weighted by atomic mass is 19.1. The normalized spacial score (nSPS) is 11.0. The molecule has 0 saturated heterocycles. The molecular weight excluding hydrogens is 389 g/mol. The molecule has 0 aliphatic rings. The van der Waals surface area contributed by atoms with Gasteiger partial charge in [-0.2, -0.15) is 0 Å². The largest absolute Gasteiger partial charge is 0.383 e. The Labute approximate surface area is 173 Å². The number of hydrogen-bond donors (Lipinski definition) is 0. The summed E-state index contributed by atoms with van der Waals surface area (Å²) >= 11 is 0. The van der Waals surface area contributed by atoms with Crippen molar-refractivity contribution in [2.45, 2.75) is 6.54 Å². The molecule has 0 fully saturated rings. The average molecular weight is 413 g/mol. The first-order valence-electron chi connectivity index (χ1n) is 9.56. The molecule has 3 rings (SSSR count). The summed E-state index contributed by atoms with van der Waals surface area (Å²) in [6.45, 7) is 1.26. The molecule has 0 unspecified atom stereocenters. The minimum absolute atomic E-state index is 0.000884. The summed E-state index contributed by atoms with van der Waals surface area (Å²) in [6, 6.07) is 11.3. The summed E-state index contributed by atoms with van der Waals surface area (Å²) in [4.78, 5) is 32.3. The van der Waals surface area contributed by atoms with Crippen LogP contribution in [-0.2, 0) is 16.0 Å². The van der Waals surface area contributed by atoms with Gasteiger partial charge in [0.1, 0.15) is 17.0 Å². The number of carbonyl (C=O) groups is 1. The average Bonchev–Trinajstić information content (AvgIpc) is 2.76. The molecule has 158 valence electrons. The van der Waals surface area contributed by atoms with Crippen molar-refractivity contribution in [1.82, 2.24) is 14.5 Å². The second kappa shape index (κ2) is 10.1. The van der Waals surface area contributed by atoms with Gasteiger partial charge in [-0.05, 0) is 24.3 Å². The zero-order valence-electron chi connectivity index (χ0n) is 17.0. The molecule has 0 spiro atoms. The first-order chi connectivity index (χ1) is 14.6. The van der Waals surface area contributed by atoms with Gasteiger partial charge in [-0.1, -0.05) is 18.2 Å². The molecule has 2 heterocycles. The zero-order valence-corrected chi connectivity index (χ0v) is 17.0. The van der Waals surface area contributed by atoms with Crippen molar-refractivity contribution in [3.63, 3.8) is 0 Å². The number of nitrogens with zero attached hydrogens (tertiary/aromatic N) is 3. The van der Waals surface area contributed by atoms with Crippen LogP contribution in [0.1, 0.15) is 15.9 Å². The molecule has 0 aliphatic carbocycles. The van der Waals surface area contributed by atoms with Crippen LogP contribution in [0.4, 0.5) is 4.39 Å². The first-order valence-corrected chi connectivity index (χ1v) is 9.56. The Morgan fingerprint density at radius 3 is 2.47 bits per heavy atom. The number of methoxy groups -OCH3 is 2. The molecule has 1 aromatic carbocycles. The van der Waals surface area contributed by atoms with Crippen molar-refractivity contribution in [2.75, 3.05) is 40.5 Å². The number of pyridine rings is 2. The quantitative estimate of drug-likeness (QED) is 0.538. The molecule has 0 atom stereocenters. The fraction of sp³-hybridized carbons (Fsp3) is 0.318. The Bertz CT molecular complexity index is 1080. The highest BCUT2D eigenvalue weighted by molar-refractivity contribution is 5.97. The second-order valence-electron chi connectivity index (χ2n) is 6.73. The number of halogens is 1. The van der Waals surface area contributed by atoms with Crippen LogP contribution in [0.2, 0.25) is 0 Å². The summed E-state index contributed by atoms with van der Waals surface area (Å²) in [6.07, 6.45) is 1.56. The third-order valence-electron chi connectivity index (χ3n) is 4.78. The fourth-order valence-electron chi connectivity index (χ4n) is 3.19. The van der Waals surface area contributed by atoms with Crippen molar-refractivity contribution < 1.29 is 18.7 Å². The van der Waals surface area contributed by atoms with E-state index in [1.54, 1.807) is 50.7 Å². The molecule has 7 nitrogen and oxygen atoms in total. The van der Waals surface area contributed by atoms with Gasteiger partial charge in [0.15, 0.2) is 0 Å². The van der Waals surface area contributed by atoms with Crippen LogP contribution in [0.25, 0.3) is 11.0 Å². The Morgan fingerprint density at radius 2 is 1.80 bits per heavy atom. The molecule has 30 heavy (non-hydrogen) atoms.